The van der Waals surface area contributed by atoms with Crippen LogP contribution in [0.5, 0.6) is 5.75 Å². The lowest BCUT2D eigenvalue weighted by Crippen LogP contribution is -2.35. The Hall–Kier alpha value is -3.06. The van der Waals surface area contributed by atoms with Crippen LogP contribution in [0.1, 0.15) is 32.0 Å². The van der Waals surface area contributed by atoms with Gasteiger partial charge in [0.05, 0.1) is 6.61 Å². The quantitative estimate of drug-likeness (QED) is 0.440. The standard InChI is InChI=1S/C24H28N6O/c1-17-6-4-13-29(16-17)14-5-15-31-20-10-8-19(9-11-20)22-21-7-3-12-25-23(21)24-27-26-18(2)30(24)28-22/h3,7-12,17H,4-6,13-16H2,1-2H3/t17-/m0/s1. The number of aryl methyl sites for hydroxylation is 1. The van der Waals surface area contributed by atoms with E-state index in [-0.39, 0.29) is 0 Å². The van der Waals surface area contributed by atoms with Gasteiger partial charge >= 0.3 is 0 Å². The summed E-state index contributed by atoms with van der Waals surface area (Å²) in [6.07, 6.45) is 5.51. The van der Waals surface area contributed by atoms with Gasteiger partial charge in [0, 0.05) is 30.2 Å². The maximum absolute atomic E-state index is 5.99. The average Bonchev–Trinajstić information content (AvgIpc) is 3.18. The molecule has 1 fully saturated rings. The zero-order valence-electron chi connectivity index (χ0n) is 18.2. The van der Waals surface area contributed by atoms with Crippen molar-refractivity contribution in [2.24, 2.45) is 5.92 Å². The summed E-state index contributed by atoms with van der Waals surface area (Å²) in [5.41, 5.74) is 3.37. The van der Waals surface area contributed by atoms with Crippen LogP contribution in [0, 0.1) is 12.8 Å². The number of nitrogens with zero attached hydrogens (tertiary/aromatic N) is 6. The van der Waals surface area contributed by atoms with Gasteiger partial charge in [0.1, 0.15) is 17.0 Å². The highest BCUT2D eigenvalue weighted by atomic mass is 16.5. The number of rotatable bonds is 6. The van der Waals surface area contributed by atoms with Crippen molar-refractivity contribution in [2.75, 3.05) is 26.2 Å². The normalized spacial score (nSPS) is 17.4. The van der Waals surface area contributed by atoms with E-state index in [4.69, 9.17) is 9.84 Å². The fourth-order valence-electron chi connectivity index (χ4n) is 4.44. The third-order valence-electron chi connectivity index (χ3n) is 6.03. The Morgan fingerprint density at radius 1 is 1.13 bits per heavy atom. The van der Waals surface area contributed by atoms with Crippen LogP contribution in [0.3, 0.4) is 0 Å². The second-order valence-electron chi connectivity index (χ2n) is 8.51. The van der Waals surface area contributed by atoms with Crippen LogP contribution >= 0.6 is 0 Å². The van der Waals surface area contributed by atoms with Crippen molar-refractivity contribution in [1.29, 1.82) is 0 Å². The lowest BCUT2D eigenvalue weighted by atomic mass is 10.0. The van der Waals surface area contributed by atoms with Crippen molar-refractivity contribution < 1.29 is 4.74 Å². The number of fused-ring (bicyclic) bond motifs is 3. The molecule has 0 unspecified atom stereocenters. The molecule has 1 aliphatic rings. The minimum Gasteiger partial charge on any atom is -0.494 e. The van der Waals surface area contributed by atoms with Crippen LogP contribution < -0.4 is 4.74 Å². The van der Waals surface area contributed by atoms with E-state index in [9.17, 15) is 0 Å². The molecule has 0 spiro atoms. The zero-order valence-corrected chi connectivity index (χ0v) is 18.2. The highest BCUT2D eigenvalue weighted by molar-refractivity contribution is 5.98. The molecule has 1 aromatic carbocycles. The van der Waals surface area contributed by atoms with Crippen LogP contribution in [0.4, 0.5) is 0 Å². The smallest absolute Gasteiger partial charge is 0.204 e. The predicted molar refractivity (Wildman–Crippen MR) is 121 cm³/mol. The fourth-order valence-corrected chi connectivity index (χ4v) is 4.44. The van der Waals surface area contributed by atoms with E-state index >= 15 is 0 Å². The van der Waals surface area contributed by atoms with E-state index in [1.165, 1.54) is 25.9 Å². The third-order valence-corrected chi connectivity index (χ3v) is 6.03. The van der Waals surface area contributed by atoms with Gasteiger partial charge in [0.2, 0.25) is 5.65 Å². The van der Waals surface area contributed by atoms with Gasteiger partial charge in [-0.05, 0) is 75.0 Å². The number of piperidine rings is 1. The molecule has 160 valence electrons. The second-order valence-corrected chi connectivity index (χ2v) is 8.51. The number of hydrogen-bond donors (Lipinski definition) is 0. The summed E-state index contributed by atoms with van der Waals surface area (Å²) < 4.78 is 7.76. The van der Waals surface area contributed by atoms with Crippen LogP contribution in [0.15, 0.2) is 42.6 Å². The number of ether oxygens (including phenoxy) is 1. The predicted octanol–water partition coefficient (Wildman–Crippen LogP) is 4.15. The summed E-state index contributed by atoms with van der Waals surface area (Å²) in [5, 5.41) is 14.2. The SMILES string of the molecule is Cc1nnc2c3ncccc3c(-c3ccc(OCCCN4CCC[C@H](C)C4)cc3)nn12. The van der Waals surface area contributed by atoms with E-state index < -0.39 is 0 Å². The maximum atomic E-state index is 5.99. The van der Waals surface area contributed by atoms with E-state index in [0.717, 1.165) is 59.2 Å². The molecule has 0 aliphatic carbocycles. The van der Waals surface area contributed by atoms with Crippen LogP contribution in [0.25, 0.3) is 27.8 Å². The zero-order chi connectivity index (χ0) is 21.2. The Kier molecular flexibility index (Phi) is 5.51. The first-order valence-corrected chi connectivity index (χ1v) is 11.1. The number of aromatic nitrogens is 5. The van der Waals surface area contributed by atoms with Gasteiger partial charge in [0.15, 0.2) is 5.82 Å². The molecule has 0 bridgehead atoms. The molecular weight excluding hydrogens is 388 g/mol. The van der Waals surface area contributed by atoms with E-state index in [1.807, 2.05) is 31.2 Å². The molecule has 1 saturated heterocycles. The lowest BCUT2D eigenvalue weighted by molar-refractivity contribution is 0.170. The molecule has 0 saturated carbocycles. The maximum Gasteiger partial charge on any atom is 0.204 e. The van der Waals surface area contributed by atoms with Gasteiger partial charge in [-0.1, -0.05) is 6.92 Å². The van der Waals surface area contributed by atoms with Crippen molar-refractivity contribution >= 4 is 16.6 Å². The van der Waals surface area contributed by atoms with E-state index in [1.54, 1.807) is 10.7 Å². The summed E-state index contributed by atoms with van der Waals surface area (Å²) in [4.78, 5) is 7.09. The molecule has 0 N–H and O–H groups in total. The summed E-state index contributed by atoms with van der Waals surface area (Å²) in [5.74, 6) is 2.45. The molecule has 31 heavy (non-hydrogen) atoms. The van der Waals surface area contributed by atoms with Gasteiger partial charge in [-0.15, -0.1) is 10.2 Å². The Labute approximate surface area is 182 Å². The molecule has 7 nitrogen and oxygen atoms in total. The molecule has 0 amide bonds. The fraction of sp³-hybridized carbons (Fsp3) is 0.417. The molecule has 3 aromatic heterocycles. The molecule has 1 atom stereocenters. The van der Waals surface area contributed by atoms with Crippen molar-refractivity contribution in [3.8, 4) is 17.0 Å². The van der Waals surface area contributed by atoms with Crippen molar-refractivity contribution in [2.45, 2.75) is 33.1 Å². The minimum absolute atomic E-state index is 0.680. The minimum atomic E-state index is 0.680. The molecule has 7 heteroatoms. The first kappa shape index (κ1) is 19.9. The van der Waals surface area contributed by atoms with Gasteiger partial charge in [-0.25, -0.2) is 0 Å². The largest absolute Gasteiger partial charge is 0.494 e. The second kappa shape index (κ2) is 8.59. The van der Waals surface area contributed by atoms with E-state index in [2.05, 4.69) is 39.1 Å². The van der Waals surface area contributed by atoms with Crippen LogP contribution in [0.2, 0.25) is 0 Å². The molecule has 5 rings (SSSR count). The first-order chi connectivity index (χ1) is 15.2. The average molecular weight is 417 g/mol. The van der Waals surface area contributed by atoms with Gasteiger partial charge in [0.25, 0.3) is 0 Å². The Balaban J connectivity index is 1.29. The van der Waals surface area contributed by atoms with Gasteiger partial charge in [-0.2, -0.15) is 9.61 Å². The molecule has 0 radical (unpaired) electrons. The van der Waals surface area contributed by atoms with Crippen molar-refractivity contribution in [3.63, 3.8) is 0 Å². The van der Waals surface area contributed by atoms with Crippen LogP contribution in [-0.2, 0) is 0 Å². The molecule has 1 aliphatic heterocycles. The molecule has 4 heterocycles. The number of hydrogen-bond acceptors (Lipinski definition) is 6. The molecule has 4 aromatic rings. The number of pyridine rings is 1. The summed E-state index contributed by atoms with van der Waals surface area (Å²) in [6.45, 7) is 8.55. The number of benzene rings is 1. The van der Waals surface area contributed by atoms with Gasteiger partial charge in [-0.3, -0.25) is 4.98 Å². The highest BCUT2D eigenvalue weighted by Gasteiger charge is 2.16. The Morgan fingerprint density at radius 3 is 2.84 bits per heavy atom. The van der Waals surface area contributed by atoms with Crippen molar-refractivity contribution in [3.05, 3.63) is 48.4 Å². The third kappa shape index (κ3) is 4.10. The highest BCUT2D eigenvalue weighted by Crippen LogP contribution is 2.29. The number of likely N-dealkylation sites (tertiary alicyclic amines) is 1. The first-order valence-electron chi connectivity index (χ1n) is 11.1. The summed E-state index contributed by atoms with van der Waals surface area (Å²) >= 11 is 0. The summed E-state index contributed by atoms with van der Waals surface area (Å²) in [7, 11) is 0. The van der Waals surface area contributed by atoms with Gasteiger partial charge < -0.3 is 9.64 Å². The lowest BCUT2D eigenvalue weighted by Gasteiger charge is -2.30. The monoisotopic (exact) mass is 416 g/mol. The van der Waals surface area contributed by atoms with Crippen molar-refractivity contribution in [1.82, 2.24) is 29.7 Å². The topological polar surface area (TPSA) is 68.4 Å². The molecular formula is C24H28N6O. The Bertz CT molecular complexity index is 1190. The van der Waals surface area contributed by atoms with E-state index in [0.29, 0.717) is 5.65 Å². The van der Waals surface area contributed by atoms with Crippen LogP contribution in [-0.4, -0.2) is 55.9 Å². The Morgan fingerprint density at radius 2 is 2.00 bits per heavy atom. The summed E-state index contributed by atoms with van der Waals surface area (Å²) in [6, 6.07) is 12.1.